The Morgan fingerprint density at radius 1 is 1.10 bits per heavy atom. The van der Waals surface area contributed by atoms with Crippen molar-refractivity contribution in [3.05, 3.63) is 64.6 Å². The predicted molar refractivity (Wildman–Crippen MR) is 111 cm³/mol. The summed E-state index contributed by atoms with van der Waals surface area (Å²) in [6.45, 7) is 14.4. The van der Waals surface area contributed by atoms with Gasteiger partial charge in [0, 0.05) is 16.7 Å². The number of nitrogens with zero attached hydrogens (tertiary/aromatic N) is 4. The molecule has 0 saturated carbocycles. The molecular formula is C22H29N5O2. The Hall–Kier alpha value is -2.96. The summed E-state index contributed by atoms with van der Waals surface area (Å²) in [4.78, 5) is 17.2. The van der Waals surface area contributed by atoms with E-state index in [0.717, 1.165) is 17.0 Å². The molecule has 0 atom stereocenters. The van der Waals surface area contributed by atoms with Crippen molar-refractivity contribution in [2.45, 2.75) is 66.0 Å². The molecule has 3 aromatic rings. The largest absolute Gasteiger partial charge is 0.340 e. The number of rotatable bonds is 5. The maximum Gasteiger partial charge on any atom is 0.252 e. The highest BCUT2D eigenvalue weighted by Crippen LogP contribution is 2.24. The number of carbonyl (C=O) groups excluding carboxylic acids is 1. The van der Waals surface area contributed by atoms with Crippen LogP contribution in [0.1, 0.15) is 73.6 Å². The first-order valence-electron chi connectivity index (χ1n) is 9.73. The summed E-state index contributed by atoms with van der Waals surface area (Å²) >= 11 is 0. The van der Waals surface area contributed by atoms with Gasteiger partial charge in [-0.2, -0.15) is 10.1 Å². The van der Waals surface area contributed by atoms with E-state index in [0.29, 0.717) is 23.8 Å². The minimum Gasteiger partial charge on any atom is -0.340 e. The lowest BCUT2D eigenvalue weighted by atomic mass is 9.96. The molecule has 1 aromatic carbocycles. The highest BCUT2D eigenvalue weighted by Gasteiger charge is 2.31. The number of nitrogens with one attached hydrogen (secondary N) is 1. The van der Waals surface area contributed by atoms with E-state index >= 15 is 0 Å². The number of aromatic nitrogens is 4. The molecule has 7 nitrogen and oxygen atoms in total. The molecule has 0 spiro atoms. The molecule has 3 rings (SSSR count). The van der Waals surface area contributed by atoms with E-state index in [-0.39, 0.29) is 11.3 Å². The zero-order valence-electron chi connectivity index (χ0n) is 18.2. The molecule has 0 bridgehead atoms. The van der Waals surface area contributed by atoms with E-state index in [1.165, 1.54) is 0 Å². The van der Waals surface area contributed by atoms with Crippen LogP contribution in [0, 0.1) is 13.8 Å². The fourth-order valence-corrected chi connectivity index (χ4v) is 2.96. The van der Waals surface area contributed by atoms with Crippen LogP contribution < -0.4 is 5.32 Å². The van der Waals surface area contributed by atoms with Gasteiger partial charge in [-0.1, -0.05) is 38.1 Å². The van der Waals surface area contributed by atoms with Crippen LogP contribution in [0.3, 0.4) is 0 Å². The first kappa shape index (κ1) is 20.8. The Morgan fingerprint density at radius 2 is 1.76 bits per heavy atom. The Labute approximate surface area is 171 Å². The molecule has 2 heterocycles. The Morgan fingerprint density at radius 3 is 2.28 bits per heavy atom. The Balaban J connectivity index is 1.70. The predicted octanol–water partition coefficient (Wildman–Crippen LogP) is 3.89. The van der Waals surface area contributed by atoms with Crippen LogP contribution in [0.15, 0.2) is 34.9 Å². The summed E-state index contributed by atoms with van der Waals surface area (Å²) in [7, 11) is 0. The van der Waals surface area contributed by atoms with Gasteiger partial charge in [-0.15, -0.1) is 0 Å². The van der Waals surface area contributed by atoms with Crippen LogP contribution in [0.4, 0.5) is 0 Å². The highest BCUT2D eigenvalue weighted by molar-refractivity contribution is 5.94. The third kappa shape index (κ3) is 4.72. The van der Waals surface area contributed by atoms with Crippen molar-refractivity contribution in [1.29, 1.82) is 0 Å². The molecule has 0 radical (unpaired) electrons. The average Bonchev–Trinajstić information content (AvgIpc) is 3.23. The second-order valence-electron chi connectivity index (χ2n) is 9.03. The van der Waals surface area contributed by atoms with Gasteiger partial charge >= 0.3 is 0 Å². The van der Waals surface area contributed by atoms with E-state index in [4.69, 9.17) is 4.52 Å². The lowest BCUT2D eigenvalue weighted by Crippen LogP contribution is -2.42. The normalized spacial score (nSPS) is 12.2. The standard InChI is InChI=1S/C22H29N5O2/c1-14-12-15(2)27(25-14)13-16-8-10-17(11-9-16)18(28)24-22(6,7)19-23-20(29-26-19)21(3,4)5/h8-12H,13H2,1-7H3,(H,24,28). The maximum atomic E-state index is 12.7. The summed E-state index contributed by atoms with van der Waals surface area (Å²) in [5.41, 5.74) is 2.77. The Bertz CT molecular complexity index is 1010. The first-order chi connectivity index (χ1) is 13.5. The summed E-state index contributed by atoms with van der Waals surface area (Å²) in [6.07, 6.45) is 0. The number of carbonyl (C=O) groups is 1. The quantitative estimate of drug-likeness (QED) is 0.708. The van der Waals surface area contributed by atoms with Gasteiger partial charge in [-0.25, -0.2) is 0 Å². The summed E-state index contributed by atoms with van der Waals surface area (Å²) in [5.74, 6) is 0.815. The van der Waals surface area contributed by atoms with Gasteiger partial charge in [0.2, 0.25) is 5.89 Å². The van der Waals surface area contributed by atoms with Crippen LogP contribution in [0.2, 0.25) is 0 Å². The molecule has 154 valence electrons. The molecule has 0 saturated heterocycles. The van der Waals surface area contributed by atoms with Crippen molar-refractivity contribution >= 4 is 5.91 Å². The van der Waals surface area contributed by atoms with Crippen molar-refractivity contribution in [3.8, 4) is 0 Å². The molecule has 1 amide bonds. The van der Waals surface area contributed by atoms with E-state index in [1.807, 2.05) is 83.5 Å². The topological polar surface area (TPSA) is 85.8 Å². The minimum atomic E-state index is -0.757. The summed E-state index contributed by atoms with van der Waals surface area (Å²) in [6, 6.07) is 9.59. The lowest BCUT2D eigenvalue weighted by molar-refractivity contribution is 0.0907. The zero-order valence-corrected chi connectivity index (χ0v) is 18.2. The van der Waals surface area contributed by atoms with Crippen LogP contribution in [0.25, 0.3) is 0 Å². The van der Waals surface area contributed by atoms with Crippen molar-refractivity contribution in [2.24, 2.45) is 0 Å². The van der Waals surface area contributed by atoms with Gasteiger partial charge in [-0.3, -0.25) is 9.48 Å². The smallest absolute Gasteiger partial charge is 0.252 e. The molecular weight excluding hydrogens is 366 g/mol. The molecule has 0 aliphatic carbocycles. The number of hydrogen-bond donors (Lipinski definition) is 1. The highest BCUT2D eigenvalue weighted by atomic mass is 16.5. The third-order valence-corrected chi connectivity index (χ3v) is 4.70. The number of benzene rings is 1. The average molecular weight is 396 g/mol. The molecule has 1 N–H and O–H groups in total. The van der Waals surface area contributed by atoms with Crippen molar-refractivity contribution < 1.29 is 9.32 Å². The molecule has 0 unspecified atom stereocenters. The van der Waals surface area contributed by atoms with Crippen molar-refractivity contribution in [3.63, 3.8) is 0 Å². The van der Waals surface area contributed by atoms with Gasteiger partial charge in [-0.05, 0) is 51.5 Å². The van der Waals surface area contributed by atoms with E-state index < -0.39 is 5.54 Å². The molecule has 7 heteroatoms. The second-order valence-corrected chi connectivity index (χ2v) is 9.03. The van der Waals surface area contributed by atoms with Gasteiger partial charge in [0.15, 0.2) is 5.82 Å². The fourth-order valence-electron chi connectivity index (χ4n) is 2.96. The monoisotopic (exact) mass is 395 g/mol. The van der Waals surface area contributed by atoms with Crippen molar-refractivity contribution in [1.82, 2.24) is 25.2 Å². The van der Waals surface area contributed by atoms with Gasteiger partial charge in [0.25, 0.3) is 5.91 Å². The Kier molecular flexibility index (Phi) is 5.34. The summed E-state index contributed by atoms with van der Waals surface area (Å²) in [5, 5.41) is 11.5. The van der Waals surface area contributed by atoms with Gasteiger partial charge in [0.1, 0.15) is 0 Å². The van der Waals surface area contributed by atoms with Crippen LogP contribution in [-0.2, 0) is 17.5 Å². The van der Waals surface area contributed by atoms with E-state index in [2.05, 4.69) is 20.6 Å². The zero-order chi connectivity index (χ0) is 21.4. The van der Waals surface area contributed by atoms with Gasteiger partial charge in [0.05, 0.1) is 17.8 Å². The molecule has 0 fully saturated rings. The SMILES string of the molecule is Cc1cc(C)n(Cc2ccc(C(=O)NC(C)(C)c3noc(C(C)(C)C)n3)cc2)n1. The van der Waals surface area contributed by atoms with E-state index in [9.17, 15) is 4.79 Å². The van der Waals surface area contributed by atoms with Gasteiger partial charge < -0.3 is 9.84 Å². The molecule has 2 aromatic heterocycles. The fraction of sp³-hybridized carbons (Fsp3) is 0.455. The molecule has 0 aliphatic rings. The van der Waals surface area contributed by atoms with Crippen LogP contribution in [0.5, 0.6) is 0 Å². The maximum absolute atomic E-state index is 12.7. The third-order valence-electron chi connectivity index (χ3n) is 4.70. The molecule has 29 heavy (non-hydrogen) atoms. The van der Waals surface area contributed by atoms with Crippen LogP contribution in [-0.4, -0.2) is 25.8 Å². The second kappa shape index (κ2) is 7.46. The molecule has 0 aliphatic heterocycles. The number of amides is 1. The van der Waals surface area contributed by atoms with Crippen molar-refractivity contribution in [2.75, 3.05) is 0 Å². The minimum absolute atomic E-state index is 0.185. The first-order valence-corrected chi connectivity index (χ1v) is 9.73. The summed E-state index contributed by atoms with van der Waals surface area (Å²) < 4.78 is 7.32. The van der Waals surface area contributed by atoms with E-state index in [1.54, 1.807) is 0 Å². The number of hydrogen-bond acceptors (Lipinski definition) is 5. The lowest BCUT2D eigenvalue weighted by Gasteiger charge is -2.22. The van der Waals surface area contributed by atoms with Crippen LogP contribution >= 0.6 is 0 Å². The number of aryl methyl sites for hydroxylation is 2.